The molecular weight excluding hydrogens is 290 g/mol. The molecule has 0 saturated heterocycles. The lowest BCUT2D eigenvalue weighted by Crippen LogP contribution is -2.27. The maximum Gasteiger partial charge on any atom is 0.413 e. The second kappa shape index (κ2) is 7.13. The zero-order valence-corrected chi connectivity index (χ0v) is 14.0. The second-order valence-electron chi connectivity index (χ2n) is 6.34. The first-order valence-electron chi connectivity index (χ1n) is 7.58. The van der Waals surface area contributed by atoms with Crippen molar-refractivity contribution < 1.29 is 9.53 Å². The number of rotatable bonds is 4. The number of hydrogen-bond acceptors (Lipinski definition) is 4. The molecule has 0 aliphatic rings. The van der Waals surface area contributed by atoms with Crippen molar-refractivity contribution in [3.63, 3.8) is 0 Å². The van der Waals surface area contributed by atoms with E-state index < -0.39 is 11.7 Å². The number of benzene rings is 1. The first-order valence-corrected chi connectivity index (χ1v) is 7.58. The topological polar surface area (TPSA) is 63.2 Å². The molecule has 0 spiro atoms. The number of carbonyl (C=O) groups excluding carboxylic acids is 1. The molecule has 5 heteroatoms. The zero-order valence-electron chi connectivity index (χ0n) is 14.0. The molecular formula is C18H23N3O2. The Hall–Kier alpha value is -2.56. The molecule has 0 fully saturated rings. The van der Waals surface area contributed by atoms with E-state index in [4.69, 9.17) is 4.74 Å². The van der Waals surface area contributed by atoms with Crippen molar-refractivity contribution in [2.24, 2.45) is 0 Å². The van der Waals surface area contributed by atoms with E-state index in [-0.39, 0.29) is 0 Å². The fourth-order valence-corrected chi connectivity index (χ4v) is 1.99. The summed E-state index contributed by atoms with van der Waals surface area (Å²) in [4.78, 5) is 15.9. The lowest BCUT2D eigenvalue weighted by atomic mass is 10.1. The molecule has 2 rings (SSSR count). The van der Waals surface area contributed by atoms with Crippen LogP contribution in [0.15, 0.2) is 42.6 Å². The Balaban J connectivity index is 1.90. The van der Waals surface area contributed by atoms with Crippen LogP contribution in [0.3, 0.4) is 0 Å². The molecule has 0 atom stereocenters. The molecule has 5 nitrogen and oxygen atoms in total. The smallest absolute Gasteiger partial charge is 0.413 e. The summed E-state index contributed by atoms with van der Waals surface area (Å²) in [5.74, 6) is 0.459. The first kappa shape index (κ1) is 16.8. The summed E-state index contributed by atoms with van der Waals surface area (Å²) in [5.41, 5.74) is 2.85. The summed E-state index contributed by atoms with van der Waals surface area (Å²) in [6.45, 7) is 8.27. The van der Waals surface area contributed by atoms with Gasteiger partial charge in [-0.25, -0.2) is 9.78 Å². The summed E-state index contributed by atoms with van der Waals surface area (Å²) >= 11 is 0. The molecule has 2 aromatic rings. The summed E-state index contributed by atoms with van der Waals surface area (Å²) in [6, 6.07) is 11.8. The quantitative estimate of drug-likeness (QED) is 0.881. The van der Waals surface area contributed by atoms with E-state index in [0.717, 1.165) is 12.2 Å². The normalized spacial score (nSPS) is 11.0. The number of amides is 1. The van der Waals surface area contributed by atoms with Crippen molar-refractivity contribution in [2.45, 2.75) is 39.8 Å². The highest BCUT2D eigenvalue weighted by Gasteiger charge is 2.16. The maximum atomic E-state index is 11.7. The number of nitrogens with one attached hydrogen (secondary N) is 2. The van der Waals surface area contributed by atoms with Gasteiger partial charge in [0.05, 0.1) is 11.9 Å². The van der Waals surface area contributed by atoms with Crippen LogP contribution in [-0.4, -0.2) is 16.7 Å². The van der Waals surface area contributed by atoms with Crippen LogP contribution < -0.4 is 10.6 Å². The van der Waals surface area contributed by atoms with Gasteiger partial charge < -0.3 is 10.1 Å². The van der Waals surface area contributed by atoms with E-state index in [0.29, 0.717) is 5.82 Å². The lowest BCUT2D eigenvalue weighted by molar-refractivity contribution is 0.0635. The summed E-state index contributed by atoms with van der Waals surface area (Å²) in [6.07, 6.45) is 1.18. The molecule has 2 N–H and O–H groups in total. The van der Waals surface area contributed by atoms with E-state index >= 15 is 0 Å². The third-order valence-corrected chi connectivity index (χ3v) is 3.14. The van der Waals surface area contributed by atoms with Gasteiger partial charge in [0.15, 0.2) is 0 Å². The molecule has 0 aliphatic carbocycles. The molecule has 0 unspecified atom stereocenters. The van der Waals surface area contributed by atoms with Crippen molar-refractivity contribution in [3.8, 4) is 0 Å². The highest BCUT2D eigenvalue weighted by atomic mass is 16.6. The van der Waals surface area contributed by atoms with Gasteiger partial charge in [0, 0.05) is 6.54 Å². The summed E-state index contributed by atoms with van der Waals surface area (Å²) in [5, 5.41) is 5.92. The largest absolute Gasteiger partial charge is 0.444 e. The van der Waals surface area contributed by atoms with Gasteiger partial charge in [0.2, 0.25) is 0 Å². The second-order valence-corrected chi connectivity index (χ2v) is 6.34. The van der Waals surface area contributed by atoms with Crippen LogP contribution in [0.1, 0.15) is 31.9 Å². The number of anilines is 2. The standard InChI is InChI=1S/C18H23N3O2/c1-13-7-5-6-8-14(13)11-19-15-9-10-16(20-12-15)21-17(22)23-18(2,3)4/h5-10,12,19H,11H2,1-4H3,(H,20,21,22). The average molecular weight is 313 g/mol. The van der Waals surface area contributed by atoms with Gasteiger partial charge in [-0.15, -0.1) is 0 Å². The summed E-state index contributed by atoms with van der Waals surface area (Å²) < 4.78 is 5.18. The van der Waals surface area contributed by atoms with Crippen molar-refractivity contribution in [2.75, 3.05) is 10.6 Å². The third kappa shape index (κ3) is 5.62. The predicted octanol–water partition coefficient (Wildman–Crippen LogP) is 4.35. The SMILES string of the molecule is Cc1ccccc1CNc1ccc(NC(=O)OC(C)(C)C)nc1. The minimum atomic E-state index is -0.529. The van der Waals surface area contributed by atoms with Gasteiger partial charge in [-0.1, -0.05) is 24.3 Å². The fraction of sp³-hybridized carbons (Fsp3) is 0.333. The summed E-state index contributed by atoms with van der Waals surface area (Å²) in [7, 11) is 0. The fourth-order valence-electron chi connectivity index (χ4n) is 1.99. The van der Waals surface area contributed by atoms with E-state index in [9.17, 15) is 4.79 Å². The van der Waals surface area contributed by atoms with E-state index in [1.54, 1.807) is 12.3 Å². The van der Waals surface area contributed by atoms with Gasteiger partial charge in [-0.05, 0) is 51.0 Å². The number of hydrogen-bond donors (Lipinski definition) is 2. The van der Waals surface area contributed by atoms with Crippen LogP contribution in [0.2, 0.25) is 0 Å². The molecule has 1 aromatic heterocycles. The van der Waals surface area contributed by atoms with Gasteiger partial charge in [0.25, 0.3) is 0 Å². The molecule has 23 heavy (non-hydrogen) atoms. The van der Waals surface area contributed by atoms with Crippen LogP contribution in [0.5, 0.6) is 0 Å². The minimum Gasteiger partial charge on any atom is -0.444 e. The van der Waals surface area contributed by atoms with E-state index in [2.05, 4.69) is 34.7 Å². The lowest BCUT2D eigenvalue weighted by Gasteiger charge is -2.19. The Morgan fingerprint density at radius 1 is 1.17 bits per heavy atom. The van der Waals surface area contributed by atoms with Gasteiger partial charge in [-0.2, -0.15) is 0 Å². The molecule has 1 aromatic carbocycles. The van der Waals surface area contributed by atoms with Gasteiger partial charge in [0.1, 0.15) is 11.4 Å². The van der Waals surface area contributed by atoms with Crippen molar-refractivity contribution in [1.82, 2.24) is 4.98 Å². The molecule has 0 saturated carbocycles. The number of carbonyl (C=O) groups is 1. The van der Waals surface area contributed by atoms with Crippen LogP contribution in [0.4, 0.5) is 16.3 Å². The molecule has 0 radical (unpaired) electrons. The number of nitrogens with zero attached hydrogens (tertiary/aromatic N) is 1. The van der Waals surface area contributed by atoms with Crippen molar-refractivity contribution >= 4 is 17.6 Å². The average Bonchev–Trinajstić information content (AvgIpc) is 2.46. The molecule has 0 aliphatic heterocycles. The van der Waals surface area contributed by atoms with E-state index in [1.807, 2.05) is 39.0 Å². The maximum absolute atomic E-state index is 11.7. The molecule has 1 amide bonds. The Bertz CT molecular complexity index is 661. The highest BCUT2D eigenvalue weighted by Crippen LogP contribution is 2.14. The monoisotopic (exact) mass is 313 g/mol. The van der Waals surface area contributed by atoms with Crippen LogP contribution in [0.25, 0.3) is 0 Å². The molecule has 122 valence electrons. The Morgan fingerprint density at radius 3 is 2.52 bits per heavy atom. The number of aryl methyl sites for hydroxylation is 1. The number of aromatic nitrogens is 1. The number of pyridine rings is 1. The predicted molar refractivity (Wildman–Crippen MR) is 92.6 cm³/mol. The Labute approximate surface area is 137 Å². The van der Waals surface area contributed by atoms with Crippen molar-refractivity contribution in [3.05, 3.63) is 53.7 Å². The van der Waals surface area contributed by atoms with Crippen LogP contribution >= 0.6 is 0 Å². The van der Waals surface area contributed by atoms with Crippen molar-refractivity contribution in [1.29, 1.82) is 0 Å². The molecule has 0 bridgehead atoms. The Kier molecular flexibility index (Phi) is 5.21. The minimum absolute atomic E-state index is 0.459. The zero-order chi connectivity index (χ0) is 16.9. The van der Waals surface area contributed by atoms with Crippen LogP contribution in [-0.2, 0) is 11.3 Å². The highest BCUT2D eigenvalue weighted by molar-refractivity contribution is 5.83. The van der Waals surface area contributed by atoms with Crippen LogP contribution in [0, 0.1) is 6.92 Å². The van der Waals surface area contributed by atoms with E-state index in [1.165, 1.54) is 11.1 Å². The van der Waals surface area contributed by atoms with Gasteiger partial charge >= 0.3 is 6.09 Å². The third-order valence-electron chi connectivity index (χ3n) is 3.14. The first-order chi connectivity index (χ1) is 10.8. The molecule has 1 heterocycles. The Morgan fingerprint density at radius 2 is 1.91 bits per heavy atom. The van der Waals surface area contributed by atoms with Gasteiger partial charge in [-0.3, -0.25) is 5.32 Å². The number of ether oxygens (including phenoxy) is 1.